The quantitative estimate of drug-likeness (QED) is 0.797. The van der Waals surface area contributed by atoms with Crippen LogP contribution in [0.1, 0.15) is 12.0 Å². The molecule has 0 radical (unpaired) electrons. The van der Waals surface area contributed by atoms with Crippen LogP contribution in [0, 0.1) is 12.8 Å². The monoisotopic (exact) mass is 335 g/mol. The highest BCUT2D eigenvalue weighted by atomic mass is 16.3. The van der Waals surface area contributed by atoms with Crippen LogP contribution in [0.25, 0.3) is 22.6 Å². The van der Waals surface area contributed by atoms with Crippen LogP contribution in [0.2, 0.25) is 0 Å². The lowest BCUT2D eigenvalue weighted by Gasteiger charge is -2.15. The van der Waals surface area contributed by atoms with Crippen LogP contribution in [0.4, 0.5) is 5.69 Å². The molecule has 126 valence electrons. The number of amides is 2. The summed E-state index contributed by atoms with van der Waals surface area (Å²) < 4.78 is 5.85. The number of carbonyl (C=O) groups excluding carboxylic acids is 2. The SMILES string of the molecule is Cc1ccccc1-c1nc2cc(N3C[C@H](C(N)=O)CC3=O)ccc2o1. The molecule has 0 spiro atoms. The molecular weight excluding hydrogens is 318 g/mol. The van der Waals surface area contributed by atoms with E-state index < -0.39 is 11.8 Å². The molecular formula is C19H17N3O3. The van der Waals surface area contributed by atoms with E-state index in [1.54, 1.807) is 17.0 Å². The lowest BCUT2D eigenvalue weighted by atomic mass is 10.1. The molecule has 4 rings (SSSR count). The fourth-order valence-electron chi connectivity index (χ4n) is 3.16. The average Bonchev–Trinajstić information content (AvgIpc) is 3.18. The molecule has 6 nitrogen and oxygen atoms in total. The first-order chi connectivity index (χ1) is 12.0. The van der Waals surface area contributed by atoms with Gasteiger partial charge in [0.05, 0.1) is 5.92 Å². The van der Waals surface area contributed by atoms with Crippen molar-refractivity contribution in [2.75, 3.05) is 11.4 Å². The summed E-state index contributed by atoms with van der Waals surface area (Å²) in [6, 6.07) is 13.3. The van der Waals surface area contributed by atoms with E-state index in [4.69, 9.17) is 10.2 Å². The van der Waals surface area contributed by atoms with E-state index in [-0.39, 0.29) is 12.3 Å². The molecule has 6 heteroatoms. The van der Waals surface area contributed by atoms with Crippen molar-refractivity contribution < 1.29 is 14.0 Å². The third-order valence-corrected chi connectivity index (χ3v) is 4.59. The number of primary amides is 1. The Bertz CT molecular complexity index is 992. The largest absolute Gasteiger partial charge is 0.436 e. The van der Waals surface area contributed by atoms with Crippen molar-refractivity contribution >= 4 is 28.6 Å². The second-order valence-corrected chi connectivity index (χ2v) is 6.29. The van der Waals surface area contributed by atoms with Crippen LogP contribution < -0.4 is 10.6 Å². The zero-order valence-electron chi connectivity index (χ0n) is 13.7. The number of hydrogen-bond acceptors (Lipinski definition) is 4. The van der Waals surface area contributed by atoms with Crippen LogP contribution in [-0.2, 0) is 9.59 Å². The van der Waals surface area contributed by atoms with E-state index in [9.17, 15) is 9.59 Å². The number of rotatable bonds is 3. The number of anilines is 1. The molecule has 0 aliphatic carbocycles. The number of benzene rings is 2. The summed E-state index contributed by atoms with van der Waals surface area (Å²) in [6.07, 6.45) is 0.153. The molecule has 0 bridgehead atoms. The summed E-state index contributed by atoms with van der Waals surface area (Å²) in [5, 5.41) is 0. The van der Waals surface area contributed by atoms with Crippen LogP contribution in [0.3, 0.4) is 0 Å². The normalized spacial score (nSPS) is 17.4. The smallest absolute Gasteiger partial charge is 0.227 e. The van der Waals surface area contributed by atoms with Gasteiger partial charge in [0, 0.05) is 24.2 Å². The molecule has 2 N–H and O–H groups in total. The molecule has 1 aliphatic rings. The molecule has 2 amide bonds. The van der Waals surface area contributed by atoms with E-state index in [0.717, 1.165) is 11.1 Å². The Hall–Kier alpha value is -3.15. The number of fused-ring (bicyclic) bond motifs is 1. The lowest BCUT2D eigenvalue weighted by Crippen LogP contribution is -2.28. The lowest BCUT2D eigenvalue weighted by molar-refractivity contribution is -0.123. The molecule has 1 fully saturated rings. The predicted molar refractivity (Wildman–Crippen MR) is 93.8 cm³/mol. The molecule has 1 atom stereocenters. The van der Waals surface area contributed by atoms with Gasteiger partial charge in [-0.15, -0.1) is 0 Å². The number of nitrogens with two attached hydrogens (primary N) is 1. The van der Waals surface area contributed by atoms with E-state index in [1.165, 1.54) is 0 Å². The van der Waals surface area contributed by atoms with Gasteiger partial charge in [-0.25, -0.2) is 4.98 Å². The Morgan fingerprint density at radius 2 is 2.08 bits per heavy atom. The van der Waals surface area contributed by atoms with Crippen molar-refractivity contribution in [1.82, 2.24) is 4.98 Å². The minimum Gasteiger partial charge on any atom is -0.436 e. The summed E-state index contributed by atoms with van der Waals surface area (Å²) in [7, 11) is 0. The number of carbonyl (C=O) groups is 2. The van der Waals surface area contributed by atoms with E-state index >= 15 is 0 Å². The Labute approximate surface area is 144 Å². The molecule has 2 aromatic carbocycles. The summed E-state index contributed by atoms with van der Waals surface area (Å²) in [5.41, 5.74) is 9.37. The van der Waals surface area contributed by atoms with Crippen LogP contribution in [0.5, 0.6) is 0 Å². The molecule has 2 heterocycles. The number of nitrogens with zero attached hydrogens (tertiary/aromatic N) is 2. The maximum Gasteiger partial charge on any atom is 0.227 e. The molecule has 1 saturated heterocycles. The van der Waals surface area contributed by atoms with Gasteiger partial charge in [0.2, 0.25) is 17.7 Å². The minimum absolute atomic E-state index is 0.106. The van der Waals surface area contributed by atoms with Gasteiger partial charge < -0.3 is 15.1 Å². The van der Waals surface area contributed by atoms with Crippen molar-refractivity contribution in [3.63, 3.8) is 0 Å². The van der Waals surface area contributed by atoms with Crippen molar-refractivity contribution in [2.24, 2.45) is 11.7 Å². The van der Waals surface area contributed by atoms with Crippen molar-refractivity contribution in [3.05, 3.63) is 48.0 Å². The van der Waals surface area contributed by atoms with Gasteiger partial charge in [0.1, 0.15) is 5.52 Å². The maximum absolute atomic E-state index is 12.2. The Kier molecular flexibility index (Phi) is 3.53. The summed E-state index contributed by atoms with van der Waals surface area (Å²) >= 11 is 0. The molecule has 0 saturated carbocycles. The van der Waals surface area contributed by atoms with Gasteiger partial charge >= 0.3 is 0 Å². The number of hydrogen-bond donors (Lipinski definition) is 1. The van der Waals surface area contributed by atoms with Gasteiger partial charge in [-0.2, -0.15) is 0 Å². The third-order valence-electron chi connectivity index (χ3n) is 4.59. The Morgan fingerprint density at radius 1 is 1.28 bits per heavy atom. The van der Waals surface area contributed by atoms with E-state index in [0.29, 0.717) is 29.2 Å². The number of aryl methyl sites for hydroxylation is 1. The van der Waals surface area contributed by atoms with Crippen molar-refractivity contribution in [2.45, 2.75) is 13.3 Å². The highest BCUT2D eigenvalue weighted by Gasteiger charge is 2.34. The number of oxazole rings is 1. The highest BCUT2D eigenvalue weighted by molar-refractivity contribution is 6.01. The Morgan fingerprint density at radius 3 is 2.80 bits per heavy atom. The van der Waals surface area contributed by atoms with Gasteiger partial charge in [-0.05, 0) is 36.8 Å². The summed E-state index contributed by atoms with van der Waals surface area (Å²) in [4.78, 5) is 29.7. The standard InChI is InChI=1S/C19H17N3O3/c1-11-4-2-3-5-14(11)19-21-15-9-13(6-7-16(15)25-19)22-10-12(18(20)24)8-17(22)23/h2-7,9,12H,8,10H2,1H3,(H2,20,24)/t12-/m1/s1. The average molecular weight is 335 g/mol. The fraction of sp³-hybridized carbons (Fsp3) is 0.211. The van der Waals surface area contributed by atoms with Crippen molar-refractivity contribution in [1.29, 1.82) is 0 Å². The second-order valence-electron chi connectivity index (χ2n) is 6.29. The molecule has 1 aromatic heterocycles. The Balaban J connectivity index is 1.71. The zero-order valence-corrected chi connectivity index (χ0v) is 13.7. The molecule has 0 unspecified atom stereocenters. The summed E-state index contributed by atoms with van der Waals surface area (Å²) in [6.45, 7) is 2.31. The molecule has 25 heavy (non-hydrogen) atoms. The van der Waals surface area contributed by atoms with E-state index in [1.807, 2.05) is 37.3 Å². The minimum atomic E-state index is -0.444. The van der Waals surface area contributed by atoms with Crippen LogP contribution in [0.15, 0.2) is 46.9 Å². The van der Waals surface area contributed by atoms with Crippen LogP contribution in [-0.4, -0.2) is 23.3 Å². The summed E-state index contributed by atoms with van der Waals surface area (Å²) in [5.74, 6) is -0.443. The van der Waals surface area contributed by atoms with E-state index in [2.05, 4.69) is 4.98 Å². The first-order valence-corrected chi connectivity index (χ1v) is 8.09. The van der Waals surface area contributed by atoms with Crippen LogP contribution >= 0.6 is 0 Å². The van der Waals surface area contributed by atoms with Gasteiger partial charge in [0.25, 0.3) is 0 Å². The molecule has 1 aliphatic heterocycles. The van der Waals surface area contributed by atoms with Crippen molar-refractivity contribution in [3.8, 4) is 11.5 Å². The topological polar surface area (TPSA) is 89.4 Å². The second kappa shape index (κ2) is 5.73. The number of aromatic nitrogens is 1. The zero-order chi connectivity index (χ0) is 17.6. The fourth-order valence-corrected chi connectivity index (χ4v) is 3.16. The first-order valence-electron chi connectivity index (χ1n) is 8.09. The highest BCUT2D eigenvalue weighted by Crippen LogP contribution is 2.31. The maximum atomic E-state index is 12.2. The third kappa shape index (κ3) is 2.65. The van der Waals surface area contributed by atoms with Gasteiger partial charge in [-0.1, -0.05) is 18.2 Å². The van der Waals surface area contributed by atoms with Gasteiger partial charge in [0.15, 0.2) is 5.58 Å². The molecule has 3 aromatic rings. The predicted octanol–water partition coefficient (Wildman–Crippen LogP) is 2.64. The first kappa shape index (κ1) is 15.4. The van der Waals surface area contributed by atoms with Gasteiger partial charge in [-0.3, -0.25) is 9.59 Å².